The molecule has 102 valence electrons. The van der Waals surface area contributed by atoms with Crippen molar-refractivity contribution < 1.29 is 9.21 Å². The third-order valence-electron chi connectivity index (χ3n) is 3.12. The van der Waals surface area contributed by atoms with Crippen LogP contribution < -0.4 is 11.1 Å². The van der Waals surface area contributed by atoms with Crippen LogP contribution in [0.15, 0.2) is 10.7 Å². The maximum atomic E-state index is 11.9. The summed E-state index contributed by atoms with van der Waals surface area (Å²) in [5.41, 5.74) is 6.20. The van der Waals surface area contributed by atoms with E-state index in [-0.39, 0.29) is 29.6 Å². The van der Waals surface area contributed by atoms with Gasteiger partial charge < -0.3 is 15.5 Å². The lowest BCUT2D eigenvalue weighted by Crippen LogP contribution is -2.36. The van der Waals surface area contributed by atoms with Gasteiger partial charge in [-0.2, -0.15) is 0 Å². The number of oxazole rings is 1. The van der Waals surface area contributed by atoms with E-state index in [1.54, 1.807) is 0 Å². The van der Waals surface area contributed by atoms with Crippen molar-refractivity contribution >= 4 is 5.91 Å². The fourth-order valence-corrected chi connectivity index (χ4v) is 1.28. The Hall–Kier alpha value is -1.36. The number of nitrogens with one attached hydrogen (secondary N) is 1. The summed E-state index contributed by atoms with van der Waals surface area (Å²) in [5.74, 6) is 0.780. The standard InChI is InChI=1S/C13H23N3O2/c1-7(2)9(5)15-12(17)10-6-18-13(16-10)11(14)8(3)4/h6-9,11H,14H2,1-5H3,(H,15,17). The van der Waals surface area contributed by atoms with E-state index in [1.807, 2.05) is 34.6 Å². The molecule has 1 aromatic heterocycles. The minimum absolute atomic E-state index is 0.0939. The summed E-state index contributed by atoms with van der Waals surface area (Å²) >= 11 is 0. The van der Waals surface area contributed by atoms with Gasteiger partial charge >= 0.3 is 0 Å². The molecule has 18 heavy (non-hydrogen) atoms. The lowest BCUT2D eigenvalue weighted by molar-refractivity contribution is 0.0925. The molecule has 1 amide bonds. The van der Waals surface area contributed by atoms with Crippen LogP contribution in [0.4, 0.5) is 0 Å². The molecular formula is C13H23N3O2. The molecule has 0 saturated heterocycles. The van der Waals surface area contributed by atoms with Crippen molar-refractivity contribution in [3.63, 3.8) is 0 Å². The van der Waals surface area contributed by atoms with E-state index < -0.39 is 0 Å². The Kier molecular flexibility index (Phi) is 4.90. The molecule has 2 unspecified atom stereocenters. The summed E-state index contributed by atoms with van der Waals surface area (Å²) in [5, 5.41) is 2.87. The molecule has 3 N–H and O–H groups in total. The fraction of sp³-hybridized carbons (Fsp3) is 0.692. The van der Waals surface area contributed by atoms with E-state index in [0.29, 0.717) is 11.8 Å². The van der Waals surface area contributed by atoms with Gasteiger partial charge in [-0.1, -0.05) is 27.7 Å². The topological polar surface area (TPSA) is 81.2 Å². The molecule has 0 radical (unpaired) electrons. The van der Waals surface area contributed by atoms with Crippen LogP contribution >= 0.6 is 0 Å². The van der Waals surface area contributed by atoms with Crippen LogP contribution in [0.25, 0.3) is 0 Å². The number of amides is 1. The summed E-state index contributed by atoms with van der Waals surface area (Å²) in [6.07, 6.45) is 1.36. The number of rotatable bonds is 5. The summed E-state index contributed by atoms with van der Waals surface area (Å²) in [7, 11) is 0. The van der Waals surface area contributed by atoms with Gasteiger partial charge in [0.2, 0.25) is 5.89 Å². The highest BCUT2D eigenvalue weighted by Crippen LogP contribution is 2.18. The molecule has 5 heteroatoms. The molecule has 0 fully saturated rings. The normalized spacial score (nSPS) is 14.9. The first-order valence-corrected chi connectivity index (χ1v) is 6.34. The van der Waals surface area contributed by atoms with E-state index in [0.717, 1.165) is 0 Å². The minimum atomic E-state index is -0.283. The summed E-state index contributed by atoms with van der Waals surface area (Å²) in [6, 6.07) is -0.189. The van der Waals surface area contributed by atoms with Crippen LogP contribution in [-0.4, -0.2) is 16.9 Å². The lowest BCUT2D eigenvalue weighted by atomic mass is 10.1. The number of hydrogen-bond acceptors (Lipinski definition) is 4. The molecule has 1 rings (SSSR count). The highest BCUT2D eigenvalue weighted by atomic mass is 16.3. The average Bonchev–Trinajstić information content (AvgIpc) is 2.76. The third kappa shape index (κ3) is 3.57. The van der Waals surface area contributed by atoms with Gasteiger partial charge in [-0.15, -0.1) is 0 Å². The predicted octanol–water partition coefficient (Wildman–Crippen LogP) is 2.10. The van der Waals surface area contributed by atoms with Crippen molar-refractivity contribution in [3.8, 4) is 0 Å². The molecule has 0 spiro atoms. The number of carbonyl (C=O) groups is 1. The molecule has 0 aliphatic carbocycles. The highest BCUT2D eigenvalue weighted by Gasteiger charge is 2.20. The van der Waals surface area contributed by atoms with Crippen LogP contribution in [0.3, 0.4) is 0 Å². The van der Waals surface area contributed by atoms with Crippen LogP contribution in [0.1, 0.15) is 57.0 Å². The van der Waals surface area contributed by atoms with E-state index in [9.17, 15) is 4.79 Å². The zero-order valence-corrected chi connectivity index (χ0v) is 11.7. The van der Waals surface area contributed by atoms with Gasteiger partial charge in [-0.3, -0.25) is 4.79 Å². The third-order valence-corrected chi connectivity index (χ3v) is 3.12. The van der Waals surface area contributed by atoms with Crippen molar-refractivity contribution in [2.75, 3.05) is 0 Å². The molecule has 0 aromatic carbocycles. The molecular weight excluding hydrogens is 230 g/mol. The van der Waals surface area contributed by atoms with Crippen LogP contribution in [0, 0.1) is 11.8 Å². The number of carbonyl (C=O) groups excluding carboxylic acids is 1. The number of nitrogens with two attached hydrogens (primary N) is 1. The minimum Gasteiger partial charge on any atom is -0.446 e. The molecule has 0 aliphatic heterocycles. The molecule has 0 saturated carbocycles. The van der Waals surface area contributed by atoms with Gasteiger partial charge in [-0.05, 0) is 18.8 Å². The summed E-state index contributed by atoms with van der Waals surface area (Å²) in [6.45, 7) is 10.0. The largest absolute Gasteiger partial charge is 0.446 e. The molecule has 0 aliphatic rings. The van der Waals surface area contributed by atoms with Gasteiger partial charge in [0.05, 0.1) is 6.04 Å². The second kappa shape index (κ2) is 6.00. The first-order chi connectivity index (χ1) is 8.32. The van der Waals surface area contributed by atoms with Crippen LogP contribution in [-0.2, 0) is 0 Å². The monoisotopic (exact) mass is 253 g/mol. The molecule has 2 atom stereocenters. The summed E-state index contributed by atoms with van der Waals surface area (Å²) in [4.78, 5) is 16.0. The Bertz CT molecular complexity index is 399. The van der Waals surface area contributed by atoms with Crippen LogP contribution in [0.2, 0.25) is 0 Å². The SMILES string of the molecule is CC(C)C(C)NC(=O)c1coc(C(N)C(C)C)n1. The van der Waals surface area contributed by atoms with Crippen molar-refractivity contribution in [2.45, 2.75) is 46.7 Å². The molecule has 1 aromatic rings. The zero-order valence-electron chi connectivity index (χ0n) is 11.7. The molecule has 5 nitrogen and oxygen atoms in total. The maximum Gasteiger partial charge on any atom is 0.273 e. The quantitative estimate of drug-likeness (QED) is 0.842. The second-order valence-corrected chi connectivity index (χ2v) is 5.35. The number of hydrogen-bond donors (Lipinski definition) is 2. The number of aromatic nitrogens is 1. The predicted molar refractivity (Wildman–Crippen MR) is 70.0 cm³/mol. The first kappa shape index (κ1) is 14.7. The van der Waals surface area contributed by atoms with Gasteiger partial charge in [-0.25, -0.2) is 4.98 Å². The Morgan fingerprint density at radius 2 is 1.89 bits per heavy atom. The highest BCUT2D eigenvalue weighted by molar-refractivity contribution is 5.92. The first-order valence-electron chi connectivity index (χ1n) is 6.34. The smallest absolute Gasteiger partial charge is 0.273 e. The fourth-order valence-electron chi connectivity index (χ4n) is 1.28. The molecule has 1 heterocycles. The van der Waals surface area contributed by atoms with Crippen molar-refractivity contribution in [2.24, 2.45) is 17.6 Å². The lowest BCUT2D eigenvalue weighted by Gasteiger charge is -2.16. The summed E-state index contributed by atoms with van der Waals surface area (Å²) < 4.78 is 5.25. The van der Waals surface area contributed by atoms with E-state index in [2.05, 4.69) is 10.3 Å². The van der Waals surface area contributed by atoms with Gasteiger partial charge in [0.25, 0.3) is 5.91 Å². The Labute approximate surface area is 108 Å². The van der Waals surface area contributed by atoms with Gasteiger partial charge in [0, 0.05) is 6.04 Å². The average molecular weight is 253 g/mol. The van der Waals surface area contributed by atoms with Gasteiger partial charge in [0.1, 0.15) is 6.26 Å². The zero-order chi connectivity index (χ0) is 13.9. The van der Waals surface area contributed by atoms with Gasteiger partial charge in [0.15, 0.2) is 5.69 Å². The Morgan fingerprint density at radius 1 is 1.28 bits per heavy atom. The van der Waals surface area contributed by atoms with E-state index in [1.165, 1.54) is 6.26 Å². The Balaban J connectivity index is 2.71. The second-order valence-electron chi connectivity index (χ2n) is 5.35. The maximum absolute atomic E-state index is 11.9. The number of nitrogens with zero attached hydrogens (tertiary/aromatic N) is 1. The van der Waals surface area contributed by atoms with Crippen molar-refractivity contribution in [1.29, 1.82) is 0 Å². The van der Waals surface area contributed by atoms with E-state index >= 15 is 0 Å². The van der Waals surface area contributed by atoms with Crippen molar-refractivity contribution in [3.05, 3.63) is 17.8 Å². The van der Waals surface area contributed by atoms with Crippen LogP contribution in [0.5, 0.6) is 0 Å². The molecule has 0 bridgehead atoms. The Morgan fingerprint density at radius 3 is 2.39 bits per heavy atom. The van der Waals surface area contributed by atoms with Crippen molar-refractivity contribution in [1.82, 2.24) is 10.3 Å². The van der Waals surface area contributed by atoms with E-state index in [4.69, 9.17) is 10.2 Å².